The molecule has 0 amide bonds. The zero-order valence-corrected chi connectivity index (χ0v) is 13.4. The minimum Gasteiger partial charge on any atom is -0.357 e. The van der Waals surface area contributed by atoms with Crippen molar-refractivity contribution in [3.05, 3.63) is 34.7 Å². The summed E-state index contributed by atoms with van der Waals surface area (Å²) in [6.07, 6.45) is 4.83. The number of unbranched alkanes of at least 4 members (excludes halogenated alkanes) is 1. The quantitative estimate of drug-likeness (QED) is 0.437. The van der Waals surface area contributed by atoms with E-state index in [0.717, 1.165) is 44.9 Å². The van der Waals surface area contributed by atoms with Gasteiger partial charge in [-0.25, -0.2) is 0 Å². The van der Waals surface area contributed by atoms with Crippen LogP contribution in [0.4, 0.5) is 0 Å². The first-order valence-electron chi connectivity index (χ1n) is 7.87. The molecule has 5 heteroatoms. The van der Waals surface area contributed by atoms with Crippen molar-refractivity contribution in [2.75, 3.05) is 13.1 Å². The van der Waals surface area contributed by atoms with Gasteiger partial charge in [0, 0.05) is 37.9 Å². The Balaban J connectivity index is 2.34. The van der Waals surface area contributed by atoms with Gasteiger partial charge in [-0.3, -0.25) is 9.79 Å². The standard InChI is InChI=1S/C16H28N4O/c1-4-14(3)19-16(17-5-2)18-11-7-9-13-20-12-8-6-10-15(20)21/h6,8,10,12,14H,4-5,7,9,11,13H2,1-3H3,(H2,17,18,19). The number of guanidine groups is 1. The summed E-state index contributed by atoms with van der Waals surface area (Å²) in [5.74, 6) is 0.878. The number of nitrogens with one attached hydrogen (secondary N) is 2. The first-order valence-corrected chi connectivity index (χ1v) is 7.87. The Morgan fingerprint density at radius 3 is 2.81 bits per heavy atom. The second-order valence-electron chi connectivity index (χ2n) is 5.15. The van der Waals surface area contributed by atoms with E-state index in [-0.39, 0.29) is 5.56 Å². The van der Waals surface area contributed by atoms with Gasteiger partial charge in [-0.1, -0.05) is 13.0 Å². The van der Waals surface area contributed by atoms with Crippen molar-refractivity contribution < 1.29 is 0 Å². The molecule has 0 aromatic carbocycles. The van der Waals surface area contributed by atoms with E-state index in [0.29, 0.717) is 6.04 Å². The Kier molecular flexibility index (Phi) is 8.24. The van der Waals surface area contributed by atoms with Gasteiger partial charge in [0.25, 0.3) is 0 Å². The zero-order valence-electron chi connectivity index (χ0n) is 13.4. The molecular weight excluding hydrogens is 264 g/mol. The van der Waals surface area contributed by atoms with Gasteiger partial charge in [0.15, 0.2) is 5.96 Å². The van der Waals surface area contributed by atoms with E-state index >= 15 is 0 Å². The highest BCUT2D eigenvalue weighted by Gasteiger charge is 2.01. The molecular formula is C16H28N4O. The van der Waals surface area contributed by atoms with Gasteiger partial charge < -0.3 is 15.2 Å². The van der Waals surface area contributed by atoms with Crippen LogP contribution in [0.2, 0.25) is 0 Å². The monoisotopic (exact) mass is 292 g/mol. The van der Waals surface area contributed by atoms with E-state index in [2.05, 4.69) is 36.4 Å². The Labute approximate surface area is 127 Å². The molecule has 0 aliphatic carbocycles. The normalized spacial score (nSPS) is 13.0. The SMILES string of the molecule is CCNC(=NCCCCn1ccccc1=O)NC(C)CC. The summed E-state index contributed by atoms with van der Waals surface area (Å²) in [5, 5.41) is 6.62. The van der Waals surface area contributed by atoms with Crippen molar-refractivity contribution in [2.45, 2.75) is 52.6 Å². The summed E-state index contributed by atoms with van der Waals surface area (Å²) in [7, 11) is 0. The second kappa shape index (κ2) is 10.0. The van der Waals surface area contributed by atoms with E-state index in [1.54, 1.807) is 16.7 Å². The Morgan fingerprint density at radius 1 is 1.33 bits per heavy atom. The van der Waals surface area contributed by atoms with Crippen molar-refractivity contribution in [3.63, 3.8) is 0 Å². The number of aliphatic imine (C=N–C) groups is 1. The van der Waals surface area contributed by atoms with E-state index in [1.165, 1.54) is 0 Å². The van der Waals surface area contributed by atoms with Crippen molar-refractivity contribution in [2.24, 2.45) is 4.99 Å². The van der Waals surface area contributed by atoms with Gasteiger partial charge in [-0.15, -0.1) is 0 Å². The van der Waals surface area contributed by atoms with Crippen LogP contribution in [0.3, 0.4) is 0 Å². The number of pyridine rings is 1. The molecule has 118 valence electrons. The number of nitrogens with zero attached hydrogens (tertiary/aromatic N) is 2. The smallest absolute Gasteiger partial charge is 0.250 e. The average molecular weight is 292 g/mol. The number of aromatic nitrogens is 1. The molecule has 1 aromatic heterocycles. The molecule has 1 unspecified atom stereocenters. The maximum Gasteiger partial charge on any atom is 0.250 e. The van der Waals surface area contributed by atoms with E-state index in [9.17, 15) is 4.79 Å². The topological polar surface area (TPSA) is 58.4 Å². The summed E-state index contributed by atoms with van der Waals surface area (Å²) >= 11 is 0. The van der Waals surface area contributed by atoms with Gasteiger partial charge in [0.1, 0.15) is 0 Å². The molecule has 1 aromatic rings. The predicted octanol–water partition coefficient (Wildman–Crippen LogP) is 1.98. The average Bonchev–Trinajstić information content (AvgIpc) is 2.48. The van der Waals surface area contributed by atoms with Crippen LogP contribution in [-0.2, 0) is 6.54 Å². The molecule has 0 aliphatic rings. The highest BCUT2D eigenvalue weighted by molar-refractivity contribution is 5.79. The summed E-state index contributed by atoms with van der Waals surface area (Å²) in [4.78, 5) is 16.1. The van der Waals surface area contributed by atoms with Crippen LogP contribution in [0, 0.1) is 0 Å². The summed E-state index contributed by atoms with van der Waals surface area (Å²) in [6.45, 7) is 8.75. The van der Waals surface area contributed by atoms with Crippen LogP contribution in [-0.4, -0.2) is 29.7 Å². The molecule has 1 rings (SSSR count). The highest BCUT2D eigenvalue weighted by Crippen LogP contribution is 1.95. The van der Waals surface area contributed by atoms with Crippen LogP contribution in [0.25, 0.3) is 0 Å². The fraction of sp³-hybridized carbons (Fsp3) is 0.625. The molecule has 1 heterocycles. The maximum atomic E-state index is 11.5. The van der Waals surface area contributed by atoms with E-state index < -0.39 is 0 Å². The summed E-state index contributed by atoms with van der Waals surface area (Å²) in [6, 6.07) is 5.67. The van der Waals surface area contributed by atoms with Gasteiger partial charge >= 0.3 is 0 Å². The molecule has 0 radical (unpaired) electrons. The third kappa shape index (κ3) is 6.97. The number of rotatable bonds is 8. The Bertz CT molecular complexity index is 481. The summed E-state index contributed by atoms with van der Waals surface area (Å²) in [5.41, 5.74) is 0.0628. The molecule has 5 nitrogen and oxygen atoms in total. The van der Waals surface area contributed by atoms with Crippen LogP contribution in [0.5, 0.6) is 0 Å². The number of aryl methyl sites for hydroxylation is 1. The molecule has 0 fully saturated rings. The van der Waals surface area contributed by atoms with Gasteiger partial charge in [-0.2, -0.15) is 0 Å². The Morgan fingerprint density at radius 2 is 2.14 bits per heavy atom. The summed E-state index contributed by atoms with van der Waals surface area (Å²) < 4.78 is 1.74. The molecule has 21 heavy (non-hydrogen) atoms. The second-order valence-corrected chi connectivity index (χ2v) is 5.15. The molecule has 0 bridgehead atoms. The van der Waals surface area contributed by atoms with Gasteiger partial charge in [0.05, 0.1) is 0 Å². The van der Waals surface area contributed by atoms with Crippen molar-refractivity contribution >= 4 is 5.96 Å². The fourth-order valence-electron chi connectivity index (χ4n) is 1.89. The minimum atomic E-state index is 0.0628. The molecule has 2 N–H and O–H groups in total. The third-order valence-electron chi connectivity index (χ3n) is 3.32. The number of hydrogen-bond donors (Lipinski definition) is 2. The van der Waals surface area contributed by atoms with Gasteiger partial charge in [-0.05, 0) is 39.2 Å². The van der Waals surface area contributed by atoms with E-state index in [1.807, 2.05) is 12.3 Å². The lowest BCUT2D eigenvalue weighted by molar-refractivity contribution is 0.593. The maximum absolute atomic E-state index is 11.5. The number of hydrogen-bond acceptors (Lipinski definition) is 2. The van der Waals surface area contributed by atoms with Crippen molar-refractivity contribution in [1.82, 2.24) is 15.2 Å². The molecule has 1 atom stereocenters. The van der Waals surface area contributed by atoms with Gasteiger partial charge in [0.2, 0.25) is 5.56 Å². The van der Waals surface area contributed by atoms with Crippen molar-refractivity contribution in [1.29, 1.82) is 0 Å². The lowest BCUT2D eigenvalue weighted by atomic mass is 10.3. The fourth-order valence-corrected chi connectivity index (χ4v) is 1.89. The molecule has 0 aliphatic heterocycles. The highest BCUT2D eigenvalue weighted by atomic mass is 16.1. The molecule has 0 saturated carbocycles. The first-order chi connectivity index (χ1) is 10.2. The predicted molar refractivity (Wildman–Crippen MR) is 88.8 cm³/mol. The lowest BCUT2D eigenvalue weighted by Gasteiger charge is -2.16. The lowest BCUT2D eigenvalue weighted by Crippen LogP contribution is -2.42. The molecule has 0 spiro atoms. The van der Waals surface area contributed by atoms with E-state index in [4.69, 9.17) is 0 Å². The van der Waals surface area contributed by atoms with Crippen LogP contribution >= 0.6 is 0 Å². The van der Waals surface area contributed by atoms with Crippen LogP contribution < -0.4 is 16.2 Å². The largest absolute Gasteiger partial charge is 0.357 e. The zero-order chi connectivity index (χ0) is 15.5. The van der Waals surface area contributed by atoms with Crippen LogP contribution in [0.1, 0.15) is 40.0 Å². The third-order valence-corrected chi connectivity index (χ3v) is 3.32. The van der Waals surface area contributed by atoms with Crippen LogP contribution in [0.15, 0.2) is 34.2 Å². The van der Waals surface area contributed by atoms with Crippen molar-refractivity contribution in [3.8, 4) is 0 Å². The minimum absolute atomic E-state index is 0.0628. The first kappa shape index (κ1) is 17.3. The Hall–Kier alpha value is -1.78. The molecule has 0 saturated heterocycles.